The second kappa shape index (κ2) is 19.7. The fraction of sp³-hybridized carbons (Fsp3) is 0.617. The van der Waals surface area contributed by atoms with E-state index in [0.29, 0.717) is 54.4 Å². The van der Waals surface area contributed by atoms with E-state index in [2.05, 4.69) is 62.4 Å². The first kappa shape index (κ1) is 44.8. The molecule has 3 saturated heterocycles. The normalized spacial score (nSPS) is 24.2. The van der Waals surface area contributed by atoms with Crippen molar-refractivity contribution in [3.63, 3.8) is 0 Å². The van der Waals surface area contributed by atoms with E-state index in [-0.39, 0.29) is 5.41 Å². The van der Waals surface area contributed by atoms with E-state index in [0.717, 1.165) is 97.0 Å². The molecule has 10 heteroatoms. The highest BCUT2D eigenvalue weighted by molar-refractivity contribution is 6.32. The molecular weight excluding hydrogens is 740 g/mol. The molecule has 6 aliphatic rings. The maximum Gasteiger partial charge on any atom is 0.210 e. The van der Waals surface area contributed by atoms with Crippen molar-refractivity contribution in [1.29, 1.82) is 0 Å². The van der Waals surface area contributed by atoms with E-state index in [1.165, 1.54) is 24.8 Å². The Morgan fingerprint density at radius 3 is 2.47 bits per heavy atom. The van der Waals surface area contributed by atoms with Gasteiger partial charge in [0.05, 0.1) is 26.0 Å². The zero-order valence-corrected chi connectivity index (χ0v) is 36.9. The number of halogens is 3. The number of hydrogen-bond acceptors (Lipinski definition) is 6. The third-order valence-electron chi connectivity index (χ3n) is 11.9. The first-order chi connectivity index (χ1) is 27.5. The average Bonchev–Trinajstić information content (AvgIpc) is 4.08. The van der Waals surface area contributed by atoms with Crippen molar-refractivity contribution in [2.24, 2.45) is 10.9 Å². The molecule has 0 bridgehead atoms. The Bertz CT molecular complexity index is 1800. The molecule has 8 rings (SSSR count). The predicted octanol–water partition coefficient (Wildman–Crippen LogP) is 11.8. The summed E-state index contributed by atoms with van der Waals surface area (Å²) in [5.41, 5.74) is 6.70. The van der Waals surface area contributed by atoms with E-state index in [1.807, 2.05) is 39.2 Å². The maximum absolute atomic E-state index is 16.2. The number of nitrogens with zero attached hydrogens (tertiary/aromatic N) is 4. The number of ether oxygens (including phenoxy) is 2. The van der Waals surface area contributed by atoms with Crippen molar-refractivity contribution in [3.05, 3.63) is 69.7 Å². The highest BCUT2D eigenvalue weighted by atomic mass is 35.5. The fourth-order valence-corrected chi connectivity index (χ4v) is 9.45. The van der Waals surface area contributed by atoms with Crippen LogP contribution in [0.4, 0.5) is 14.5 Å². The number of alkyl halides is 2. The number of pyridine rings is 1. The van der Waals surface area contributed by atoms with Crippen LogP contribution in [0.15, 0.2) is 47.4 Å². The summed E-state index contributed by atoms with van der Waals surface area (Å²) >= 11 is 6.89. The van der Waals surface area contributed by atoms with Crippen LogP contribution >= 0.6 is 11.6 Å². The van der Waals surface area contributed by atoms with Crippen molar-refractivity contribution in [2.75, 3.05) is 58.9 Å². The van der Waals surface area contributed by atoms with Gasteiger partial charge in [0, 0.05) is 77.3 Å². The molecule has 3 aliphatic heterocycles. The van der Waals surface area contributed by atoms with Gasteiger partial charge in [0.15, 0.2) is 0 Å². The monoisotopic (exact) mass is 808 g/mol. The molecule has 2 aromatic rings. The summed E-state index contributed by atoms with van der Waals surface area (Å²) in [4.78, 5) is 14.8. The van der Waals surface area contributed by atoms with Gasteiger partial charge in [0.1, 0.15) is 17.7 Å². The Labute approximate surface area is 347 Å². The number of aromatic nitrogens is 1. The standard InChI is InChI=1S/C35H42ClFN4O2.C7H12FN.C3H8.C2H6/c1-7-9-27(42-6)40-33(41-16-17-43-20-21(3)19-41)28-22(4)34(11-12-34)30-24(28)10-15-39-32(30)29-23(8-2)26(38-5)18-25(36)31(29)35(37)13-14-35;8-6-4-7-2-1-3-9(7)5-6;1-3-2;1-2/h8-10,15,18,21,38H,2,7,11-14,16-17,19-20H2,1,3-6H3;6-7H,1-5H2;3H2,1-2H3;1-2H3/b27-9-,40-33+;;;. The van der Waals surface area contributed by atoms with Crippen molar-refractivity contribution in [1.82, 2.24) is 14.8 Å². The molecule has 0 amide bonds. The number of fused-ring (bicyclic) bond motifs is 3. The lowest BCUT2D eigenvalue weighted by atomic mass is 9.84. The molecule has 0 radical (unpaired) electrons. The van der Waals surface area contributed by atoms with Crippen molar-refractivity contribution in [2.45, 2.75) is 130 Å². The molecule has 7 nitrogen and oxygen atoms in total. The molecule has 1 aromatic heterocycles. The highest BCUT2D eigenvalue weighted by Gasteiger charge is 2.56. The smallest absolute Gasteiger partial charge is 0.210 e. The Balaban J connectivity index is 0.000000375. The maximum atomic E-state index is 16.2. The van der Waals surface area contributed by atoms with Gasteiger partial charge >= 0.3 is 0 Å². The molecule has 1 aromatic carbocycles. The van der Waals surface area contributed by atoms with Crippen LogP contribution in [0.3, 0.4) is 0 Å². The van der Waals surface area contributed by atoms with Gasteiger partial charge in [0.25, 0.3) is 0 Å². The Kier molecular flexibility index (Phi) is 15.5. The molecule has 3 unspecified atom stereocenters. The first-order valence-corrected chi connectivity index (χ1v) is 22.0. The number of benzene rings is 1. The van der Waals surface area contributed by atoms with Crippen LogP contribution in [0.25, 0.3) is 22.9 Å². The third-order valence-corrected chi connectivity index (χ3v) is 12.2. The molecule has 4 heterocycles. The summed E-state index contributed by atoms with van der Waals surface area (Å²) in [6.07, 6.45) is 13.4. The van der Waals surface area contributed by atoms with Crippen molar-refractivity contribution >= 4 is 34.8 Å². The molecular formula is C47H68ClF2N5O2. The van der Waals surface area contributed by atoms with Gasteiger partial charge in [-0.3, -0.25) is 9.88 Å². The zero-order chi connectivity index (χ0) is 41.5. The van der Waals surface area contributed by atoms with Crippen LogP contribution in [0, 0.1) is 5.92 Å². The SMILES string of the molecule is C=Cc1c(NC)cc(Cl)c(C2(F)CC2)c1-c1nccc2c1C1(CC1)C(C)=C2/C(=N\C(=C\CC)OC)N1CCOCC(C)C1.CC.CCC.FC1CC2CCCN2C1. The zero-order valence-electron chi connectivity index (χ0n) is 36.2. The molecule has 3 aliphatic carbocycles. The van der Waals surface area contributed by atoms with Crippen LogP contribution in [-0.4, -0.2) is 86.4 Å². The van der Waals surface area contributed by atoms with Gasteiger partial charge < -0.3 is 19.7 Å². The molecule has 1 N–H and O–H groups in total. The Morgan fingerprint density at radius 2 is 1.88 bits per heavy atom. The number of aliphatic imine (C=N–C) groups is 1. The van der Waals surface area contributed by atoms with Gasteiger partial charge in [-0.15, -0.1) is 0 Å². The third kappa shape index (κ3) is 9.31. The quantitative estimate of drug-likeness (QED) is 0.163. The van der Waals surface area contributed by atoms with Gasteiger partial charge in [-0.1, -0.05) is 77.8 Å². The minimum Gasteiger partial charge on any atom is -0.481 e. The number of hydrogen-bond donors (Lipinski definition) is 1. The number of nitrogens with one attached hydrogen (secondary N) is 1. The number of amidine groups is 1. The molecule has 5 fully saturated rings. The molecule has 314 valence electrons. The molecule has 1 spiro atoms. The van der Waals surface area contributed by atoms with Gasteiger partial charge in [-0.05, 0) is 100 Å². The predicted molar refractivity (Wildman–Crippen MR) is 236 cm³/mol. The van der Waals surface area contributed by atoms with Crippen LogP contribution in [0.2, 0.25) is 5.02 Å². The topological polar surface area (TPSA) is 62.2 Å². The summed E-state index contributed by atoms with van der Waals surface area (Å²) in [7, 11) is 3.53. The number of anilines is 1. The van der Waals surface area contributed by atoms with E-state index in [4.69, 9.17) is 31.1 Å². The lowest BCUT2D eigenvalue weighted by molar-refractivity contribution is 0.127. The average molecular weight is 809 g/mol. The Morgan fingerprint density at radius 1 is 1.16 bits per heavy atom. The first-order valence-electron chi connectivity index (χ1n) is 21.6. The van der Waals surface area contributed by atoms with E-state index < -0.39 is 11.8 Å². The second-order valence-electron chi connectivity index (χ2n) is 16.2. The second-order valence-corrected chi connectivity index (χ2v) is 16.6. The lowest BCUT2D eigenvalue weighted by Crippen LogP contribution is -2.36. The summed E-state index contributed by atoms with van der Waals surface area (Å²) < 4.78 is 40.5. The van der Waals surface area contributed by atoms with Crippen LogP contribution in [0.1, 0.15) is 129 Å². The van der Waals surface area contributed by atoms with Gasteiger partial charge in [-0.2, -0.15) is 4.99 Å². The van der Waals surface area contributed by atoms with E-state index >= 15 is 4.39 Å². The van der Waals surface area contributed by atoms with Crippen LogP contribution < -0.4 is 5.32 Å². The van der Waals surface area contributed by atoms with Gasteiger partial charge in [-0.25, -0.2) is 8.78 Å². The van der Waals surface area contributed by atoms with Crippen LogP contribution in [-0.2, 0) is 20.6 Å². The number of methoxy groups -OCH3 is 1. The summed E-state index contributed by atoms with van der Waals surface area (Å²) in [5, 5.41) is 3.68. The molecule has 3 atom stereocenters. The van der Waals surface area contributed by atoms with Crippen molar-refractivity contribution in [3.8, 4) is 11.3 Å². The molecule has 2 saturated carbocycles. The summed E-state index contributed by atoms with van der Waals surface area (Å²) in [6.45, 7) is 23.7. The number of rotatable bonds is 8. The fourth-order valence-electron chi connectivity index (χ4n) is 9.08. The number of allylic oxidation sites excluding steroid dienone is 2. The summed E-state index contributed by atoms with van der Waals surface area (Å²) in [6, 6.07) is 4.54. The van der Waals surface area contributed by atoms with E-state index in [9.17, 15) is 4.39 Å². The largest absolute Gasteiger partial charge is 0.481 e. The highest BCUT2D eigenvalue weighted by Crippen LogP contribution is 2.65. The van der Waals surface area contributed by atoms with Gasteiger partial charge in [0.2, 0.25) is 5.88 Å². The Hall–Kier alpha value is -3.27. The van der Waals surface area contributed by atoms with Crippen molar-refractivity contribution < 1.29 is 18.3 Å². The lowest BCUT2D eigenvalue weighted by Gasteiger charge is -2.28. The van der Waals surface area contributed by atoms with E-state index in [1.54, 1.807) is 13.2 Å². The molecule has 57 heavy (non-hydrogen) atoms. The minimum absolute atomic E-state index is 0.185. The van der Waals surface area contributed by atoms with Crippen LogP contribution in [0.5, 0.6) is 0 Å². The summed E-state index contributed by atoms with van der Waals surface area (Å²) in [5.74, 6) is 1.84. The minimum atomic E-state index is -1.46.